The predicted molar refractivity (Wildman–Crippen MR) is 73.8 cm³/mol. The molecule has 1 heterocycles. The number of likely N-dealkylation sites (N-methyl/N-ethyl adjacent to an activating group) is 1. The zero-order valence-corrected chi connectivity index (χ0v) is 13.1. The van der Waals surface area contributed by atoms with E-state index in [-0.39, 0.29) is 16.1 Å². The smallest absolute Gasteiger partial charge is 0.247 e. The molecule has 0 fully saturated rings. The van der Waals surface area contributed by atoms with Gasteiger partial charge in [0.15, 0.2) is 4.67 Å². The molecule has 0 aliphatic carbocycles. The number of nitrogens with zero attached hydrogens (tertiary/aromatic N) is 1. The average molecular weight is 337 g/mol. The first-order chi connectivity index (χ1) is 8.28. The molecule has 0 aliphatic rings. The fourth-order valence-corrected chi connectivity index (χ4v) is 3.66. The first kappa shape index (κ1) is 15.4. The van der Waals surface area contributed by atoms with Crippen molar-refractivity contribution in [2.24, 2.45) is 0 Å². The Morgan fingerprint density at radius 3 is 2.72 bits per heavy atom. The van der Waals surface area contributed by atoms with E-state index in [0.29, 0.717) is 12.3 Å². The van der Waals surface area contributed by atoms with Crippen molar-refractivity contribution in [1.82, 2.24) is 9.62 Å². The van der Waals surface area contributed by atoms with Crippen LogP contribution in [0.15, 0.2) is 32.2 Å². The van der Waals surface area contributed by atoms with Crippen LogP contribution in [0.3, 0.4) is 0 Å². The molecule has 5 nitrogen and oxygen atoms in total. The molecule has 18 heavy (non-hydrogen) atoms. The van der Waals surface area contributed by atoms with Gasteiger partial charge < -0.3 is 9.73 Å². The fraction of sp³-hybridized carbons (Fsp3) is 0.455. The summed E-state index contributed by atoms with van der Waals surface area (Å²) < 4.78 is 31.4. The minimum absolute atomic E-state index is 0.136. The third-order valence-corrected chi connectivity index (χ3v) is 4.90. The van der Waals surface area contributed by atoms with Crippen LogP contribution in [0.1, 0.15) is 12.7 Å². The molecular weight excluding hydrogens is 320 g/mol. The molecule has 1 aromatic heterocycles. The Labute approximate surface area is 116 Å². The van der Waals surface area contributed by atoms with Gasteiger partial charge in [-0.1, -0.05) is 12.2 Å². The summed E-state index contributed by atoms with van der Waals surface area (Å²) in [5.41, 5.74) is 0.774. The second kappa shape index (κ2) is 6.01. The highest BCUT2D eigenvalue weighted by Crippen LogP contribution is 2.28. The maximum atomic E-state index is 12.3. The van der Waals surface area contributed by atoms with E-state index in [4.69, 9.17) is 4.42 Å². The number of rotatable bonds is 6. The van der Waals surface area contributed by atoms with Crippen LogP contribution in [-0.2, 0) is 16.6 Å². The van der Waals surface area contributed by atoms with E-state index in [1.165, 1.54) is 17.4 Å². The maximum absolute atomic E-state index is 12.3. The molecule has 0 spiro atoms. The van der Waals surface area contributed by atoms with Crippen LogP contribution in [0.5, 0.6) is 0 Å². The zero-order chi connectivity index (χ0) is 13.9. The molecule has 0 unspecified atom stereocenters. The Kier molecular flexibility index (Phi) is 5.15. The first-order valence-electron chi connectivity index (χ1n) is 5.32. The molecule has 1 aromatic rings. The standard InChI is InChI=1S/C11H17BrN2O3S/c1-8(2)7-14(4)18(15,16)10-5-9(6-13-3)17-11(10)12/h5,13H,1,6-7H2,2-4H3. The van der Waals surface area contributed by atoms with Gasteiger partial charge in [-0.05, 0) is 29.9 Å². The second-order valence-corrected chi connectivity index (χ2v) is 6.83. The second-order valence-electron chi connectivity index (χ2n) is 4.10. The summed E-state index contributed by atoms with van der Waals surface area (Å²) >= 11 is 3.13. The predicted octanol–water partition coefficient (Wildman–Crippen LogP) is 1.96. The van der Waals surface area contributed by atoms with Gasteiger partial charge in [0, 0.05) is 19.7 Å². The lowest BCUT2D eigenvalue weighted by Crippen LogP contribution is -2.28. The van der Waals surface area contributed by atoms with E-state index < -0.39 is 10.0 Å². The Morgan fingerprint density at radius 1 is 1.61 bits per heavy atom. The van der Waals surface area contributed by atoms with Crippen molar-refractivity contribution in [3.8, 4) is 0 Å². The van der Waals surface area contributed by atoms with Crippen LogP contribution in [-0.4, -0.2) is 33.4 Å². The summed E-state index contributed by atoms with van der Waals surface area (Å²) in [6.45, 7) is 6.24. The molecule has 0 atom stereocenters. The number of nitrogens with one attached hydrogen (secondary N) is 1. The molecule has 0 aliphatic heterocycles. The number of furan rings is 1. The van der Waals surface area contributed by atoms with Crippen LogP contribution in [0.4, 0.5) is 0 Å². The normalized spacial score (nSPS) is 12.1. The summed E-state index contributed by atoms with van der Waals surface area (Å²) in [4.78, 5) is 0.136. The molecule has 7 heteroatoms. The van der Waals surface area contributed by atoms with Gasteiger partial charge in [0.2, 0.25) is 10.0 Å². The molecule has 1 rings (SSSR count). The molecule has 1 N–H and O–H groups in total. The van der Waals surface area contributed by atoms with Crippen LogP contribution in [0.2, 0.25) is 0 Å². The molecule has 0 bridgehead atoms. The van der Waals surface area contributed by atoms with Crippen molar-refractivity contribution in [3.05, 3.63) is 28.6 Å². The Bertz CT molecular complexity index is 536. The van der Waals surface area contributed by atoms with Crippen LogP contribution >= 0.6 is 15.9 Å². The Balaban J connectivity index is 3.08. The lowest BCUT2D eigenvalue weighted by molar-refractivity contribution is 0.464. The molecule has 0 radical (unpaired) electrons. The van der Waals surface area contributed by atoms with Crippen LogP contribution < -0.4 is 5.32 Å². The van der Waals surface area contributed by atoms with E-state index >= 15 is 0 Å². The van der Waals surface area contributed by atoms with Gasteiger partial charge in [-0.25, -0.2) is 8.42 Å². The van der Waals surface area contributed by atoms with Gasteiger partial charge in [-0.2, -0.15) is 4.31 Å². The molecular formula is C11H17BrN2O3S. The van der Waals surface area contributed by atoms with Crippen LogP contribution in [0.25, 0.3) is 0 Å². The van der Waals surface area contributed by atoms with E-state index in [1.807, 2.05) is 0 Å². The van der Waals surface area contributed by atoms with Crippen LogP contribution in [0, 0.1) is 0 Å². The molecule has 0 aromatic carbocycles. The quantitative estimate of drug-likeness (QED) is 0.806. The Hall–Kier alpha value is -0.630. The molecule has 102 valence electrons. The highest BCUT2D eigenvalue weighted by molar-refractivity contribution is 9.10. The van der Waals surface area contributed by atoms with E-state index in [9.17, 15) is 8.42 Å². The SMILES string of the molecule is C=C(C)CN(C)S(=O)(=O)c1cc(CNC)oc1Br. The van der Waals surface area contributed by atoms with Crippen molar-refractivity contribution >= 4 is 26.0 Å². The third kappa shape index (κ3) is 3.44. The summed E-state index contributed by atoms with van der Waals surface area (Å²) in [5, 5.41) is 2.90. The lowest BCUT2D eigenvalue weighted by atomic mass is 10.4. The number of hydrogen-bond donors (Lipinski definition) is 1. The van der Waals surface area contributed by atoms with Crippen molar-refractivity contribution < 1.29 is 12.8 Å². The van der Waals surface area contributed by atoms with Crippen molar-refractivity contribution in [2.75, 3.05) is 20.6 Å². The summed E-state index contributed by atoms with van der Waals surface area (Å²) in [7, 11) is -0.281. The zero-order valence-electron chi connectivity index (χ0n) is 10.7. The van der Waals surface area contributed by atoms with Crippen molar-refractivity contribution in [1.29, 1.82) is 0 Å². The number of sulfonamides is 1. The largest absolute Gasteiger partial charge is 0.452 e. The average Bonchev–Trinajstić information content (AvgIpc) is 2.59. The Morgan fingerprint density at radius 2 is 2.22 bits per heavy atom. The third-order valence-electron chi connectivity index (χ3n) is 2.24. The minimum Gasteiger partial charge on any atom is -0.452 e. The van der Waals surface area contributed by atoms with E-state index in [2.05, 4.69) is 27.8 Å². The maximum Gasteiger partial charge on any atom is 0.247 e. The highest BCUT2D eigenvalue weighted by Gasteiger charge is 2.26. The van der Waals surface area contributed by atoms with E-state index in [1.54, 1.807) is 14.0 Å². The summed E-state index contributed by atoms with van der Waals surface area (Å²) in [5.74, 6) is 0.562. The number of hydrogen-bond acceptors (Lipinski definition) is 4. The molecule has 0 amide bonds. The topological polar surface area (TPSA) is 62.6 Å². The summed E-state index contributed by atoms with van der Waals surface area (Å²) in [6, 6.07) is 1.52. The van der Waals surface area contributed by atoms with Gasteiger partial charge in [0.25, 0.3) is 0 Å². The van der Waals surface area contributed by atoms with Gasteiger partial charge in [-0.3, -0.25) is 0 Å². The fourth-order valence-electron chi connectivity index (χ4n) is 1.47. The highest BCUT2D eigenvalue weighted by atomic mass is 79.9. The molecule has 0 saturated carbocycles. The van der Waals surface area contributed by atoms with Crippen molar-refractivity contribution in [3.63, 3.8) is 0 Å². The van der Waals surface area contributed by atoms with Gasteiger partial charge in [0.1, 0.15) is 10.7 Å². The monoisotopic (exact) mass is 336 g/mol. The van der Waals surface area contributed by atoms with Gasteiger partial charge in [0.05, 0.1) is 6.54 Å². The van der Waals surface area contributed by atoms with E-state index in [0.717, 1.165) is 5.57 Å². The minimum atomic E-state index is -3.56. The lowest BCUT2D eigenvalue weighted by Gasteiger charge is -2.15. The molecule has 0 saturated heterocycles. The first-order valence-corrected chi connectivity index (χ1v) is 7.56. The summed E-state index contributed by atoms with van der Waals surface area (Å²) in [6.07, 6.45) is 0. The van der Waals surface area contributed by atoms with Gasteiger partial charge >= 0.3 is 0 Å². The van der Waals surface area contributed by atoms with Gasteiger partial charge in [-0.15, -0.1) is 0 Å². The van der Waals surface area contributed by atoms with Crippen molar-refractivity contribution in [2.45, 2.75) is 18.4 Å². The number of halogens is 1.